The van der Waals surface area contributed by atoms with E-state index in [0.29, 0.717) is 15.6 Å². The number of nitrogens with zero attached hydrogens (tertiary/aromatic N) is 1. The molecule has 0 unspecified atom stereocenters. The monoisotopic (exact) mass is 442 g/mol. The molecule has 1 heterocycles. The Morgan fingerprint density at radius 2 is 1.97 bits per heavy atom. The molecule has 156 valence electrons. The van der Waals surface area contributed by atoms with Gasteiger partial charge in [-0.2, -0.15) is 4.31 Å². The van der Waals surface area contributed by atoms with Crippen molar-refractivity contribution < 1.29 is 36.2 Å². The van der Waals surface area contributed by atoms with E-state index < -0.39 is 26.1 Å². The van der Waals surface area contributed by atoms with Crippen LogP contribution < -0.4 is 14.2 Å². The van der Waals surface area contributed by atoms with Crippen molar-refractivity contribution in [1.82, 2.24) is 9.03 Å². The van der Waals surface area contributed by atoms with Crippen LogP contribution in [-0.4, -0.2) is 51.7 Å². The molecular weight excluding hydrogens is 424 g/mol. The Kier molecular flexibility index (Phi) is 5.68. The number of hydrogen-bond donors (Lipinski definition) is 2. The largest absolute Gasteiger partial charge is 0.490 e. The van der Waals surface area contributed by atoms with Gasteiger partial charge in [-0.05, 0) is 29.8 Å². The summed E-state index contributed by atoms with van der Waals surface area (Å²) in [7, 11) is -7.67. The van der Waals surface area contributed by atoms with E-state index in [-0.39, 0.29) is 36.1 Å². The van der Waals surface area contributed by atoms with E-state index in [1.807, 2.05) is 0 Å². The molecule has 3 rings (SSSR count). The first-order chi connectivity index (χ1) is 13.6. The second-order valence-electron chi connectivity index (χ2n) is 6.16. The third kappa shape index (κ3) is 4.96. The first-order valence-corrected chi connectivity index (χ1v) is 11.6. The van der Waals surface area contributed by atoms with E-state index >= 15 is 0 Å². The van der Waals surface area contributed by atoms with Gasteiger partial charge in [0.25, 0.3) is 10.0 Å². The van der Waals surface area contributed by atoms with Crippen molar-refractivity contribution in [3.05, 3.63) is 48.0 Å². The van der Waals surface area contributed by atoms with Crippen molar-refractivity contribution in [2.75, 3.05) is 19.4 Å². The molecule has 1 aliphatic rings. The molecule has 1 aliphatic heterocycles. The molecule has 12 heteroatoms. The topological polar surface area (TPSA) is 139 Å². The summed E-state index contributed by atoms with van der Waals surface area (Å²) >= 11 is 0. The van der Waals surface area contributed by atoms with Crippen LogP contribution in [0, 0.1) is 0 Å². The Balaban J connectivity index is 1.88. The van der Waals surface area contributed by atoms with Gasteiger partial charge in [-0.3, -0.25) is 0 Å². The van der Waals surface area contributed by atoms with Gasteiger partial charge in [-0.25, -0.2) is 26.4 Å². The van der Waals surface area contributed by atoms with Crippen LogP contribution in [0.5, 0.6) is 17.2 Å². The average molecular weight is 442 g/mol. The fourth-order valence-corrected chi connectivity index (χ4v) is 4.45. The van der Waals surface area contributed by atoms with E-state index in [2.05, 4.69) is 4.72 Å². The first kappa shape index (κ1) is 20.9. The Morgan fingerprint density at radius 3 is 2.66 bits per heavy atom. The molecule has 0 saturated carbocycles. The molecule has 0 aromatic heterocycles. The standard InChI is InChI=1S/C17H18N2O8S2/c1-28(22,23)18-11-12-3-2-4-13(9-12)27-14-5-6-15-16(10-14)29(24,25)19(17(20)21)7-8-26-15/h2-6,9-10,18H,7-8,11H2,1H3,(H,20,21). The number of fused-ring (bicyclic) bond motifs is 1. The predicted octanol–water partition coefficient (Wildman–Crippen LogP) is 1.59. The summed E-state index contributed by atoms with van der Waals surface area (Å²) in [5, 5.41) is 9.18. The molecule has 2 aromatic carbocycles. The second kappa shape index (κ2) is 7.89. The van der Waals surface area contributed by atoms with Crippen LogP contribution in [0.1, 0.15) is 5.56 Å². The number of carbonyl (C=O) groups is 1. The minimum atomic E-state index is -4.31. The van der Waals surface area contributed by atoms with Crippen LogP contribution >= 0.6 is 0 Å². The molecule has 0 spiro atoms. The van der Waals surface area contributed by atoms with Gasteiger partial charge in [0.15, 0.2) is 0 Å². The predicted molar refractivity (Wildman–Crippen MR) is 102 cm³/mol. The molecule has 0 fully saturated rings. The molecule has 0 radical (unpaired) electrons. The highest BCUT2D eigenvalue weighted by molar-refractivity contribution is 7.89. The minimum Gasteiger partial charge on any atom is -0.490 e. The van der Waals surface area contributed by atoms with Gasteiger partial charge in [0.05, 0.1) is 12.8 Å². The van der Waals surface area contributed by atoms with Crippen molar-refractivity contribution in [3.8, 4) is 17.2 Å². The van der Waals surface area contributed by atoms with Crippen LogP contribution in [0.25, 0.3) is 0 Å². The SMILES string of the molecule is CS(=O)(=O)NCc1cccc(Oc2ccc3c(c2)S(=O)(=O)N(C(=O)O)CCO3)c1. The number of amides is 1. The zero-order chi connectivity index (χ0) is 21.2. The van der Waals surface area contributed by atoms with E-state index in [4.69, 9.17) is 9.47 Å². The quantitative estimate of drug-likeness (QED) is 0.712. The van der Waals surface area contributed by atoms with Crippen LogP contribution in [0.15, 0.2) is 47.4 Å². The van der Waals surface area contributed by atoms with E-state index in [9.17, 15) is 26.7 Å². The number of hydrogen-bond acceptors (Lipinski definition) is 7. The Hall–Kier alpha value is -2.83. The lowest BCUT2D eigenvalue weighted by Gasteiger charge is -2.16. The fourth-order valence-electron chi connectivity index (χ4n) is 2.62. The van der Waals surface area contributed by atoms with Gasteiger partial charge < -0.3 is 14.6 Å². The number of carboxylic acid groups (broad SMARTS) is 1. The molecular formula is C17H18N2O8S2. The number of ether oxygens (including phenoxy) is 2. The smallest absolute Gasteiger partial charge is 0.421 e. The van der Waals surface area contributed by atoms with Crippen molar-refractivity contribution in [1.29, 1.82) is 0 Å². The number of nitrogens with one attached hydrogen (secondary N) is 1. The van der Waals surface area contributed by atoms with Gasteiger partial charge in [-0.15, -0.1) is 0 Å². The fraction of sp³-hybridized carbons (Fsp3) is 0.235. The van der Waals surface area contributed by atoms with Gasteiger partial charge in [0.2, 0.25) is 10.0 Å². The summed E-state index contributed by atoms with van der Waals surface area (Å²) in [5.41, 5.74) is 0.635. The third-order valence-electron chi connectivity index (χ3n) is 3.92. The molecule has 0 saturated heterocycles. The average Bonchev–Trinajstić information content (AvgIpc) is 2.76. The molecule has 29 heavy (non-hydrogen) atoms. The Labute approximate surface area is 167 Å². The Bertz CT molecular complexity index is 1150. The number of rotatable bonds is 5. The third-order valence-corrected chi connectivity index (χ3v) is 6.38. The van der Waals surface area contributed by atoms with Gasteiger partial charge in [0.1, 0.15) is 28.8 Å². The summed E-state index contributed by atoms with van der Waals surface area (Å²) in [4.78, 5) is 11.0. The minimum absolute atomic E-state index is 0.0344. The highest BCUT2D eigenvalue weighted by atomic mass is 32.2. The molecule has 2 N–H and O–H groups in total. The van der Waals surface area contributed by atoms with Gasteiger partial charge in [0, 0.05) is 12.6 Å². The van der Waals surface area contributed by atoms with Gasteiger partial charge >= 0.3 is 6.09 Å². The molecule has 2 aromatic rings. The maximum Gasteiger partial charge on any atom is 0.421 e. The first-order valence-electron chi connectivity index (χ1n) is 8.30. The molecule has 10 nitrogen and oxygen atoms in total. The van der Waals surface area contributed by atoms with Crippen LogP contribution in [0.4, 0.5) is 4.79 Å². The maximum absolute atomic E-state index is 12.6. The summed E-state index contributed by atoms with van der Waals surface area (Å²) < 4.78 is 61.5. The molecule has 0 atom stereocenters. The summed E-state index contributed by atoms with van der Waals surface area (Å²) in [5.74, 6) is 0.531. The molecule has 0 aliphatic carbocycles. The second-order valence-corrected chi connectivity index (χ2v) is 9.82. The van der Waals surface area contributed by atoms with Crippen LogP contribution in [-0.2, 0) is 26.6 Å². The lowest BCUT2D eigenvalue weighted by Crippen LogP contribution is -2.36. The lowest BCUT2D eigenvalue weighted by atomic mass is 10.2. The van der Waals surface area contributed by atoms with E-state index in [0.717, 1.165) is 6.26 Å². The van der Waals surface area contributed by atoms with Gasteiger partial charge in [-0.1, -0.05) is 12.1 Å². The maximum atomic E-state index is 12.6. The lowest BCUT2D eigenvalue weighted by molar-refractivity contribution is 0.167. The van der Waals surface area contributed by atoms with E-state index in [1.54, 1.807) is 24.3 Å². The van der Waals surface area contributed by atoms with Crippen LogP contribution in [0.3, 0.4) is 0 Å². The van der Waals surface area contributed by atoms with Crippen molar-refractivity contribution in [3.63, 3.8) is 0 Å². The molecule has 1 amide bonds. The Morgan fingerprint density at radius 1 is 1.24 bits per heavy atom. The normalized spacial score (nSPS) is 15.7. The summed E-state index contributed by atoms with van der Waals surface area (Å²) in [6, 6.07) is 10.6. The zero-order valence-corrected chi connectivity index (χ0v) is 16.9. The zero-order valence-electron chi connectivity index (χ0n) is 15.2. The molecule has 0 bridgehead atoms. The summed E-state index contributed by atoms with van der Waals surface area (Å²) in [6.07, 6.45) is -0.551. The van der Waals surface area contributed by atoms with Crippen LogP contribution in [0.2, 0.25) is 0 Å². The van der Waals surface area contributed by atoms with E-state index in [1.165, 1.54) is 18.2 Å². The van der Waals surface area contributed by atoms with Crippen molar-refractivity contribution in [2.45, 2.75) is 11.4 Å². The summed E-state index contributed by atoms with van der Waals surface area (Å²) in [6.45, 7) is -0.359. The highest BCUT2D eigenvalue weighted by Crippen LogP contribution is 2.34. The van der Waals surface area contributed by atoms with Crippen molar-refractivity contribution in [2.24, 2.45) is 0 Å². The number of benzene rings is 2. The number of sulfonamides is 2. The highest BCUT2D eigenvalue weighted by Gasteiger charge is 2.34. The van der Waals surface area contributed by atoms with Crippen molar-refractivity contribution >= 4 is 26.1 Å².